The van der Waals surface area contributed by atoms with Crippen LogP contribution in [0.2, 0.25) is 0 Å². The molecule has 4 rings (SSSR count). The van der Waals surface area contributed by atoms with Gasteiger partial charge in [-0.05, 0) is 49.3 Å². The fourth-order valence-electron chi connectivity index (χ4n) is 5.43. The number of ether oxygens (including phenoxy) is 2. The van der Waals surface area contributed by atoms with Gasteiger partial charge in [0, 0.05) is 25.7 Å². The third-order valence-electron chi connectivity index (χ3n) is 7.09. The standard InChI is InChI=1S/C25H37FN2O4/c26-20-8-4-7-19(11-20)14-28-15-21(29)16-31-17-24-23(28)10-9-22(32-24)12-25(30)27-13-18-5-2-1-3-6-18/h4,7-8,11,18,21-24,29H,1-3,5-6,9-10,12-17H2,(H,27,30)/t21-,22+,23-,24+/m1/s1. The molecule has 2 saturated heterocycles. The first kappa shape index (κ1) is 23.6. The summed E-state index contributed by atoms with van der Waals surface area (Å²) in [5, 5.41) is 13.4. The number of hydrogen-bond acceptors (Lipinski definition) is 5. The second-order valence-corrected chi connectivity index (χ2v) is 9.70. The summed E-state index contributed by atoms with van der Waals surface area (Å²) in [5.74, 6) is 0.429. The largest absolute Gasteiger partial charge is 0.389 e. The van der Waals surface area contributed by atoms with Crippen molar-refractivity contribution in [3.8, 4) is 0 Å². The monoisotopic (exact) mass is 448 g/mol. The van der Waals surface area contributed by atoms with Crippen LogP contribution in [0.1, 0.15) is 56.9 Å². The molecule has 0 radical (unpaired) electrons. The van der Waals surface area contributed by atoms with Gasteiger partial charge in [-0.2, -0.15) is 0 Å². The van der Waals surface area contributed by atoms with E-state index >= 15 is 0 Å². The highest BCUT2D eigenvalue weighted by atomic mass is 19.1. The molecular formula is C25H37FN2O4. The Bertz CT molecular complexity index is 742. The molecule has 1 amide bonds. The first-order valence-corrected chi connectivity index (χ1v) is 12.2. The van der Waals surface area contributed by atoms with E-state index in [2.05, 4.69) is 10.2 Å². The van der Waals surface area contributed by atoms with Gasteiger partial charge in [0.2, 0.25) is 5.91 Å². The Morgan fingerprint density at radius 3 is 2.81 bits per heavy atom. The number of aliphatic hydroxyl groups excluding tert-OH is 1. The maximum atomic E-state index is 13.7. The number of fused-ring (bicyclic) bond motifs is 1. The summed E-state index contributed by atoms with van der Waals surface area (Å²) >= 11 is 0. The molecule has 2 N–H and O–H groups in total. The third kappa shape index (κ3) is 6.73. The number of aliphatic hydroxyl groups is 1. The van der Waals surface area contributed by atoms with E-state index in [-0.39, 0.29) is 36.6 Å². The second-order valence-electron chi connectivity index (χ2n) is 9.70. The Hall–Kier alpha value is -1.54. The Kier molecular flexibility index (Phi) is 8.52. The lowest BCUT2D eigenvalue weighted by Crippen LogP contribution is -2.55. The predicted molar refractivity (Wildman–Crippen MR) is 120 cm³/mol. The second kappa shape index (κ2) is 11.5. The Morgan fingerprint density at radius 2 is 2.00 bits per heavy atom. The fraction of sp³-hybridized carbons (Fsp3) is 0.720. The third-order valence-corrected chi connectivity index (χ3v) is 7.09. The fourth-order valence-corrected chi connectivity index (χ4v) is 5.43. The van der Waals surface area contributed by atoms with Crippen LogP contribution in [0.4, 0.5) is 4.39 Å². The molecule has 3 fully saturated rings. The van der Waals surface area contributed by atoms with E-state index in [1.165, 1.54) is 38.2 Å². The molecule has 0 unspecified atom stereocenters. The van der Waals surface area contributed by atoms with E-state index in [1.807, 2.05) is 6.07 Å². The van der Waals surface area contributed by atoms with Gasteiger partial charge in [0.15, 0.2) is 0 Å². The predicted octanol–water partition coefficient (Wildman–Crippen LogP) is 3.02. The summed E-state index contributed by atoms with van der Waals surface area (Å²) in [6.45, 7) is 2.42. The lowest BCUT2D eigenvalue weighted by Gasteiger charge is -2.44. The summed E-state index contributed by atoms with van der Waals surface area (Å²) in [6, 6.07) is 6.67. The highest BCUT2D eigenvalue weighted by Gasteiger charge is 2.38. The summed E-state index contributed by atoms with van der Waals surface area (Å²) in [7, 11) is 0. The molecule has 1 aliphatic carbocycles. The minimum absolute atomic E-state index is 0.0646. The zero-order valence-corrected chi connectivity index (χ0v) is 18.9. The van der Waals surface area contributed by atoms with Crippen molar-refractivity contribution < 1.29 is 23.8 Å². The molecule has 7 heteroatoms. The molecule has 32 heavy (non-hydrogen) atoms. The number of carbonyl (C=O) groups is 1. The van der Waals surface area contributed by atoms with Crippen molar-refractivity contribution >= 4 is 5.91 Å². The van der Waals surface area contributed by atoms with Gasteiger partial charge in [-0.1, -0.05) is 31.4 Å². The van der Waals surface area contributed by atoms with Crippen molar-refractivity contribution in [2.45, 2.75) is 82.3 Å². The summed E-state index contributed by atoms with van der Waals surface area (Å²) < 4.78 is 25.7. The summed E-state index contributed by atoms with van der Waals surface area (Å²) in [5.41, 5.74) is 0.877. The maximum absolute atomic E-state index is 13.7. The van der Waals surface area contributed by atoms with Gasteiger partial charge in [0.1, 0.15) is 5.82 Å². The van der Waals surface area contributed by atoms with Gasteiger partial charge < -0.3 is 19.9 Å². The van der Waals surface area contributed by atoms with Gasteiger partial charge in [-0.15, -0.1) is 0 Å². The van der Waals surface area contributed by atoms with Gasteiger partial charge in [0.25, 0.3) is 0 Å². The van der Waals surface area contributed by atoms with E-state index in [1.54, 1.807) is 12.1 Å². The van der Waals surface area contributed by atoms with Crippen LogP contribution in [-0.2, 0) is 20.8 Å². The molecule has 0 aromatic heterocycles. The molecular weight excluding hydrogens is 411 g/mol. The first-order valence-electron chi connectivity index (χ1n) is 12.2. The van der Waals surface area contributed by atoms with Gasteiger partial charge >= 0.3 is 0 Å². The van der Waals surface area contributed by atoms with Crippen LogP contribution in [0.5, 0.6) is 0 Å². The molecule has 178 valence electrons. The van der Waals surface area contributed by atoms with Crippen LogP contribution in [0.25, 0.3) is 0 Å². The van der Waals surface area contributed by atoms with Crippen LogP contribution in [-0.4, -0.2) is 66.6 Å². The van der Waals surface area contributed by atoms with Crippen molar-refractivity contribution in [2.24, 2.45) is 5.92 Å². The Morgan fingerprint density at radius 1 is 1.16 bits per heavy atom. The topological polar surface area (TPSA) is 71.0 Å². The lowest BCUT2D eigenvalue weighted by atomic mass is 9.89. The van der Waals surface area contributed by atoms with E-state index < -0.39 is 6.10 Å². The van der Waals surface area contributed by atoms with Crippen molar-refractivity contribution in [2.75, 3.05) is 26.3 Å². The number of carbonyl (C=O) groups excluding carboxylic acids is 1. The first-order chi connectivity index (χ1) is 15.6. The van der Waals surface area contributed by atoms with Crippen molar-refractivity contribution in [1.29, 1.82) is 0 Å². The molecule has 2 heterocycles. The molecule has 3 aliphatic rings. The minimum Gasteiger partial charge on any atom is -0.389 e. The lowest BCUT2D eigenvalue weighted by molar-refractivity contribution is -0.158. The minimum atomic E-state index is -0.590. The zero-order valence-electron chi connectivity index (χ0n) is 18.9. The van der Waals surface area contributed by atoms with Crippen LogP contribution in [0.3, 0.4) is 0 Å². The summed E-state index contributed by atoms with van der Waals surface area (Å²) in [4.78, 5) is 14.7. The Labute approximate surface area is 190 Å². The van der Waals surface area contributed by atoms with Gasteiger partial charge in [-0.25, -0.2) is 4.39 Å². The molecule has 0 bridgehead atoms. The van der Waals surface area contributed by atoms with Gasteiger partial charge in [0.05, 0.1) is 37.9 Å². The number of nitrogens with one attached hydrogen (secondary N) is 1. The average Bonchev–Trinajstić information content (AvgIpc) is 2.77. The van der Waals surface area contributed by atoms with E-state index in [4.69, 9.17) is 9.47 Å². The molecule has 1 saturated carbocycles. The molecule has 1 aromatic carbocycles. The van der Waals surface area contributed by atoms with Crippen LogP contribution < -0.4 is 5.32 Å². The van der Waals surface area contributed by atoms with Crippen molar-refractivity contribution in [1.82, 2.24) is 10.2 Å². The van der Waals surface area contributed by atoms with E-state index in [9.17, 15) is 14.3 Å². The van der Waals surface area contributed by atoms with Crippen molar-refractivity contribution in [3.63, 3.8) is 0 Å². The van der Waals surface area contributed by atoms with Crippen LogP contribution in [0, 0.1) is 11.7 Å². The Balaban J connectivity index is 1.32. The van der Waals surface area contributed by atoms with Gasteiger partial charge in [-0.3, -0.25) is 9.69 Å². The highest BCUT2D eigenvalue weighted by Crippen LogP contribution is 2.29. The zero-order chi connectivity index (χ0) is 22.3. The quantitative estimate of drug-likeness (QED) is 0.700. The molecule has 4 atom stereocenters. The highest BCUT2D eigenvalue weighted by molar-refractivity contribution is 5.76. The van der Waals surface area contributed by atoms with E-state index in [0.29, 0.717) is 32.0 Å². The number of amides is 1. The number of halogens is 1. The number of hydrogen-bond donors (Lipinski definition) is 2. The number of nitrogens with zero attached hydrogens (tertiary/aromatic N) is 1. The molecule has 1 aromatic rings. The summed E-state index contributed by atoms with van der Waals surface area (Å²) in [6.07, 6.45) is 7.44. The number of β-amino-alcohol motifs (C(OH)–C–C–N with tert-alkyl or cyclic N) is 1. The molecule has 0 spiro atoms. The van der Waals surface area contributed by atoms with Crippen LogP contribution >= 0.6 is 0 Å². The average molecular weight is 449 g/mol. The van der Waals surface area contributed by atoms with Crippen LogP contribution in [0.15, 0.2) is 24.3 Å². The maximum Gasteiger partial charge on any atom is 0.222 e. The van der Waals surface area contributed by atoms with E-state index in [0.717, 1.165) is 24.9 Å². The number of benzene rings is 1. The SMILES string of the molecule is O=C(C[C@@H]1CC[C@@H]2[C@H](COC[C@H](O)CN2Cc2cccc(F)c2)O1)NCC1CCCCC1. The normalized spacial score (nSPS) is 30.2. The smallest absolute Gasteiger partial charge is 0.222 e. The molecule has 2 aliphatic heterocycles. The number of rotatable bonds is 6. The molecule has 6 nitrogen and oxygen atoms in total. The van der Waals surface area contributed by atoms with Crippen molar-refractivity contribution in [3.05, 3.63) is 35.6 Å².